The average molecular weight is 253 g/mol. The van der Waals surface area contributed by atoms with E-state index in [9.17, 15) is 15.0 Å². The molecule has 0 spiro atoms. The summed E-state index contributed by atoms with van der Waals surface area (Å²) in [4.78, 5) is 13.9. The number of amides is 1. The first-order chi connectivity index (χ1) is 8.23. The SMILES string of the molecule is O=C(c1ccsc1)N1CC2C(C1)C2(CO)CO. The molecule has 92 valence electrons. The molecule has 1 amide bonds. The zero-order valence-corrected chi connectivity index (χ0v) is 10.2. The van der Waals surface area contributed by atoms with Crippen molar-refractivity contribution >= 4 is 17.2 Å². The Hall–Kier alpha value is -0.910. The van der Waals surface area contributed by atoms with Crippen LogP contribution in [0, 0.1) is 17.3 Å². The van der Waals surface area contributed by atoms with Crippen LogP contribution in [0.25, 0.3) is 0 Å². The predicted molar refractivity (Wildman–Crippen MR) is 63.8 cm³/mol. The summed E-state index contributed by atoms with van der Waals surface area (Å²) in [6, 6.07) is 1.84. The van der Waals surface area contributed by atoms with Gasteiger partial charge in [-0.25, -0.2) is 0 Å². The lowest BCUT2D eigenvalue weighted by atomic mass is 10.0. The van der Waals surface area contributed by atoms with Gasteiger partial charge in [-0.05, 0) is 23.3 Å². The molecule has 2 fully saturated rings. The van der Waals surface area contributed by atoms with E-state index in [1.807, 2.05) is 21.7 Å². The first-order valence-electron chi connectivity index (χ1n) is 5.76. The van der Waals surface area contributed by atoms with Gasteiger partial charge in [0, 0.05) is 23.9 Å². The molecule has 17 heavy (non-hydrogen) atoms. The van der Waals surface area contributed by atoms with Crippen LogP contribution < -0.4 is 0 Å². The van der Waals surface area contributed by atoms with Crippen molar-refractivity contribution < 1.29 is 15.0 Å². The number of nitrogens with zero attached hydrogens (tertiary/aromatic N) is 1. The fourth-order valence-electron chi connectivity index (χ4n) is 3.09. The molecule has 2 atom stereocenters. The largest absolute Gasteiger partial charge is 0.396 e. The standard InChI is InChI=1S/C12H15NO3S/c14-6-12(7-15)9-3-13(4-10(9)12)11(16)8-1-2-17-5-8/h1-2,5,9-10,14-15H,3-4,6-7H2. The highest BCUT2D eigenvalue weighted by atomic mass is 32.1. The van der Waals surface area contributed by atoms with E-state index in [0.29, 0.717) is 13.1 Å². The molecule has 4 nitrogen and oxygen atoms in total. The number of thiophene rings is 1. The minimum absolute atomic E-state index is 0.0271. The van der Waals surface area contributed by atoms with Crippen molar-refractivity contribution in [2.75, 3.05) is 26.3 Å². The highest BCUT2D eigenvalue weighted by Crippen LogP contribution is 2.62. The van der Waals surface area contributed by atoms with Crippen LogP contribution in [-0.2, 0) is 0 Å². The molecule has 2 unspecified atom stereocenters. The monoisotopic (exact) mass is 253 g/mol. The highest BCUT2D eigenvalue weighted by Gasteiger charge is 2.68. The van der Waals surface area contributed by atoms with Crippen LogP contribution in [0.1, 0.15) is 10.4 Å². The van der Waals surface area contributed by atoms with E-state index >= 15 is 0 Å². The van der Waals surface area contributed by atoms with Gasteiger partial charge in [-0.2, -0.15) is 11.3 Å². The van der Waals surface area contributed by atoms with E-state index in [0.717, 1.165) is 5.56 Å². The Morgan fingerprint density at radius 3 is 2.53 bits per heavy atom. The normalized spacial score (nSPS) is 29.2. The number of aliphatic hydroxyl groups is 2. The lowest BCUT2D eigenvalue weighted by molar-refractivity contribution is 0.0637. The summed E-state index contributed by atoms with van der Waals surface area (Å²) >= 11 is 1.52. The number of fused-ring (bicyclic) bond motifs is 1. The lowest BCUT2D eigenvalue weighted by Gasteiger charge is -2.23. The molecule has 1 saturated heterocycles. The molecule has 2 N–H and O–H groups in total. The summed E-state index contributed by atoms with van der Waals surface area (Å²) in [7, 11) is 0. The van der Waals surface area contributed by atoms with Gasteiger partial charge in [0.05, 0.1) is 18.8 Å². The molecular formula is C12H15NO3S. The summed E-state index contributed by atoms with van der Waals surface area (Å²) in [5.74, 6) is 0.628. The van der Waals surface area contributed by atoms with Crippen LogP contribution in [0.5, 0.6) is 0 Å². The molecule has 0 aromatic carbocycles. The second-order valence-corrected chi connectivity index (χ2v) is 5.76. The van der Waals surface area contributed by atoms with Gasteiger partial charge in [0.2, 0.25) is 0 Å². The average Bonchev–Trinajstić information content (AvgIpc) is 2.84. The Labute approximate surface area is 103 Å². The van der Waals surface area contributed by atoms with Gasteiger partial charge >= 0.3 is 0 Å². The zero-order valence-electron chi connectivity index (χ0n) is 9.37. The van der Waals surface area contributed by atoms with E-state index in [2.05, 4.69) is 0 Å². The molecule has 3 rings (SSSR count). The summed E-state index contributed by atoms with van der Waals surface area (Å²) in [5.41, 5.74) is 0.431. The fourth-order valence-corrected chi connectivity index (χ4v) is 3.72. The Morgan fingerprint density at radius 1 is 1.41 bits per heavy atom. The van der Waals surface area contributed by atoms with Crippen LogP contribution >= 0.6 is 11.3 Å². The van der Waals surface area contributed by atoms with Gasteiger partial charge in [0.15, 0.2) is 0 Å². The van der Waals surface area contributed by atoms with Crippen LogP contribution in [0.2, 0.25) is 0 Å². The quantitative estimate of drug-likeness (QED) is 0.821. The maximum atomic E-state index is 12.1. The van der Waals surface area contributed by atoms with Crippen molar-refractivity contribution in [2.24, 2.45) is 17.3 Å². The minimum Gasteiger partial charge on any atom is -0.396 e. The highest BCUT2D eigenvalue weighted by molar-refractivity contribution is 7.08. The second-order valence-electron chi connectivity index (χ2n) is 4.98. The summed E-state index contributed by atoms with van der Waals surface area (Å²) in [6.45, 7) is 1.39. The van der Waals surface area contributed by atoms with Gasteiger partial charge in [-0.1, -0.05) is 0 Å². The maximum absolute atomic E-state index is 12.1. The van der Waals surface area contributed by atoms with Crippen molar-refractivity contribution in [1.82, 2.24) is 4.90 Å². The lowest BCUT2D eigenvalue weighted by Crippen LogP contribution is -2.36. The summed E-state index contributed by atoms with van der Waals surface area (Å²) in [6.07, 6.45) is 0. The molecule has 1 aromatic heterocycles. The number of hydrogen-bond donors (Lipinski definition) is 2. The van der Waals surface area contributed by atoms with Gasteiger partial charge in [-0.15, -0.1) is 0 Å². The molecule has 2 heterocycles. The van der Waals surface area contributed by atoms with Crippen molar-refractivity contribution in [3.63, 3.8) is 0 Å². The van der Waals surface area contributed by atoms with Crippen LogP contribution in [0.4, 0.5) is 0 Å². The second kappa shape index (κ2) is 3.80. The van der Waals surface area contributed by atoms with Crippen LogP contribution in [0.3, 0.4) is 0 Å². The molecule has 1 aromatic rings. The van der Waals surface area contributed by atoms with Crippen LogP contribution in [0.15, 0.2) is 16.8 Å². The predicted octanol–water partition coefficient (Wildman–Crippen LogP) is 0.421. The zero-order chi connectivity index (χ0) is 12.0. The Bertz CT molecular complexity index is 413. The number of carbonyl (C=O) groups is 1. The van der Waals surface area contributed by atoms with Crippen molar-refractivity contribution in [3.8, 4) is 0 Å². The third-order valence-electron chi connectivity index (χ3n) is 4.33. The van der Waals surface area contributed by atoms with Crippen LogP contribution in [-0.4, -0.2) is 47.3 Å². The molecule has 0 bridgehead atoms. The first-order valence-corrected chi connectivity index (χ1v) is 6.70. The van der Waals surface area contributed by atoms with Crippen molar-refractivity contribution in [3.05, 3.63) is 22.4 Å². The Morgan fingerprint density at radius 2 is 2.06 bits per heavy atom. The van der Waals surface area contributed by atoms with Crippen molar-refractivity contribution in [2.45, 2.75) is 0 Å². The number of carbonyl (C=O) groups excluding carboxylic acids is 1. The minimum atomic E-state index is -0.314. The van der Waals surface area contributed by atoms with E-state index in [4.69, 9.17) is 0 Å². The smallest absolute Gasteiger partial charge is 0.254 e. The Kier molecular flexibility index (Phi) is 2.50. The molecule has 1 saturated carbocycles. The fraction of sp³-hybridized carbons (Fsp3) is 0.583. The van der Waals surface area contributed by atoms with Crippen molar-refractivity contribution in [1.29, 1.82) is 0 Å². The number of aliphatic hydroxyl groups excluding tert-OH is 2. The van der Waals surface area contributed by atoms with E-state index in [1.165, 1.54) is 11.3 Å². The molecule has 1 aliphatic carbocycles. The molecule has 1 aliphatic heterocycles. The number of likely N-dealkylation sites (tertiary alicyclic amines) is 1. The third-order valence-corrected chi connectivity index (χ3v) is 5.01. The molecule has 5 heteroatoms. The third kappa shape index (κ3) is 1.46. The molecule has 0 radical (unpaired) electrons. The van der Waals surface area contributed by atoms with Gasteiger partial charge in [0.1, 0.15) is 0 Å². The topological polar surface area (TPSA) is 60.8 Å². The summed E-state index contributed by atoms with van der Waals surface area (Å²) < 4.78 is 0. The molecule has 2 aliphatic rings. The van der Waals surface area contributed by atoms with Gasteiger partial charge in [-0.3, -0.25) is 4.79 Å². The molecular weight excluding hydrogens is 238 g/mol. The van der Waals surface area contributed by atoms with E-state index in [-0.39, 0.29) is 36.4 Å². The first kappa shape index (κ1) is 11.2. The number of piperidine rings is 1. The maximum Gasteiger partial charge on any atom is 0.254 e. The van der Waals surface area contributed by atoms with E-state index in [1.54, 1.807) is 0 Å². The van der Waals surface area contributed by atoms with Gasteiger partial charge < -0.3 is 15.1 Å². The summed E-state index contributed by atoms with van der Waals surface area (Å²) in [5, 5.41) is 22.4. The number of hydrogen-bond acceptors (Lipinski definition) is 4. The van der Waals surface area contributed by atoms with E-state index < -0.39 is 0 Å². The van der Waals surface area contributed by atoms with Gasteiger partial charge in [0.25, 0.3) is 5.91 Å². The number of rotatable bonds is 3. The Balaban J connectivity index is 1.68.